The van der Waals surface area contributed by atoms with Crippen LogP contribution in [0.5, 0.6) is 0 Å². The van der Waals surface area contributed by atoms with Gasteiger partial charge in [-0.1, -0.05) is 78.6 Å². The van der Waals surface area contributed by atoms with Gasteiger partial charge in [-0.05, 0) is 87.2 Å². The molecule has 0 unspecified atom stereocenters. The van der Waals surface area contributed by atoms with E-state index in [0.717, 1.165) is 55.3 Å². The summed E-state index contributed by atoms with van der Waals surface area (Å²) in [4.78, 5) is 15.3. The Morgan fingerprint density at radius 1 is 0.673 bits per heavy atom. The van der Waals surface area contributed by atoms with Crippen molar-refractivity contribution in [2.45, 2.75) is 65.0 Å². The fourth-order valence-electron chi connectivity index (χ4n) is 8.92. The van der Waals surface area contributed by atoms with Crippen LogP contribution in [0.2, 0.25) is 0 Å². The number of pyridine rings is 2. The molecule has 52 heavy (non-hydrogen) atoms. The van der Waals surface area contributed by atoms with E-state index in [2.05, 4.69) is 142 Å². The van der Waals surface area contributed by atoms with Gasteiger partial charge in [0.05, 0.1) is 11.3 Å². The Bertz CT molecular complexity index is 2840. The molecule has 2 aliphatic rings. The summed E-state index contributed by atoms with van der Waals surface area (Å²) in [6.07, 6.45) is 1.86. The van der Waals surface area contributed by atoms with Crippen molar-refractivity contribution in [3.05, 3.63) is 143 Å². The minimum Gasteiger partial charge on any atom is -0.525 e. The van der Waals surface area contributed by atoms with E-state index in [0.29, 0.717) is 11.7 Å². The average Bonchev–Trinajstić information content (AvgIpc) is 3.75. The van der Waals surface area contributed by atoms with Crippen LogP contribution < -0.4 is 0 Å². The number of ether oxygens (including phenoxy) is 1. The SMILES string of the molecule is Cc1ccc2c(c1)c1ccc(-n3c4ccc(C)cc4c4cccnc43)[c-]c1n2-c1[c-]c(C2=N[C@]3(C)c4ccccc4C(C)(C)[C@]3(C)O2)cc(C)n1.[Pt+2]. The molecule has 0 N–H and O–H groups in total. The van der Waals surface area contributed by atoms with E-state index in [4.69, 9.17) is 19.7 Å². The molecule has 1 aliphatic carbocycles. The largest absolute Gasteiger partial charge is 2.00 e. The predicted octanol–water partition coefficient (Wildman–Crippen LogP) is 9.94. The molecule has 0 saturated carbocycles. The van der Waals surface area contributed by atoms with E-state index in [1.165, 1.54) is 27.6 Å². The Morgan fingerprint density at radius 3 is 2.12 bits per heavy atom. The van der Waals surface area contributed by atoms with Crippen molar-refractivity contribution in [1.29, 1.82) is 0 Å². The molecule has 1 aliphatic heterocycles. The van der Waals surface area contributed by atoms with Crippen LogP contribution in [0.15, 0.2) is 102 Å². The van der Waals surface area contributed by atoms with Crippen molar-refractivity contribution >= 4 is 49.6 Å². The second kappa shape index (κ2) is 11.0. The number of benzene rings is 4. The molecule has 0 bridgehead atoms. The van der Waals surface area contributed by atoms with Gasteiger partial charge in [0.1, 0.15) is 22.7 Å². The normalized spacial score (nSPS) is 20.2. The maximum Gasteiger partial charge on any atom is 2.00 e. The number of fused-ring (bicyclic) bond motifs is 9. The van der Waals surface area contributed by atoms with E-state index in [1.807, 2.05) is 25.3 Å². The third-order valence-corrected chi connectivity index (χ3v) is 11.9. The first kappa shape index (κ1) is 32.8. The molecule has 8 aromatic rings. The van der Waals surface area contributed by atoms with E-state index in [9.17, 15) is 0 Å². The molecule has 0 spiro atoms. The zero-order chi connectivity index (χ0) is 35.0. The molecule has 0 fully saturated rings. The molecule has 258 valence electrons. The topological polar surface area (TPSA) is 57.2 Å². The standard InChI is InChI=1S/C45H37N5O.Pt/c1-26-15-19-38-33(21-26)31-17-16-30(49-37-18-14-27(2)22-34(37)32-11-10-20-46-41(32)49)25-39(31)50(38)40-24-29(23-28(3)47-40)42-48-44(6)36-13-9-8-12-35(36)43(4,5)45(44,7)51-42;/h8-23H,1-7H3;/q-2;+2/t44-,45+;/m1./s1. The molecule has 0 radical (unpaired) electrons. The van der Waals surface area contributed by atoms with Crippen molar-refractivity contribution in [3.8, 4) is 11.5 Å². The zero-order valence-electron chi connectivity index (χ0n) is 30.2. The molecule has 0 saturated heterocycles. The quantitative estimate of drug-likeness (QED) is 0.166. The van der Waals surface area contributed by atoms with E-state index in [1.54, 1.807) is 0 Å². The Labute approximate surface area is 317 Å². The second-order valence-electron chi connectivity index (χ2n) is 15.2. The summed E-state index contributed by atoms with van der Waals surface area (Å²) in [5.41, 5.74) is 10.1. The molecule has 7 heteroatoms. The van der Waals surface area contributed by atoms with Crippen molar-refractivity contribution in [2.75, 3.05) is 0 Å². The number of hydrogen-bond donors (Lipinski definition) is 0. The fraction of sp³-hybridized carbons (Fsp3) is 0.222. The van der Waals surface area contributed by atoms with Crippen molar-refractivity contribution in [1.82, 2.24) is 19.1 Å². The third kappa shape index (κ3) is 4.19. The Hall–Kier alpha value is -5.06. The third-order valence-electron chi connectivity index (χ3n) is 11.9. The average molecular weight is 859 g/mol. The summed E-state index contributed by atoms with van der Waals surface area (Å²) in [5, 5.41) is 4.54. The summed E-state index contributed by atoms with van der Waals surface area (Å²) in [7, 11) is 0. The molecule has 0 amide bonds. The summed E-state index contributed by atoms with van der Waals surface area (Å²) >= 11 is 0. The van der Waals surface area contributed by atoms with Crippen LogP contribution >= 0.6 is 0 Å². The van der Waals surface area contributed by atoms with Gasteiger partial charge in [0.15, 0.2) is 0 Å². The molecule has 2 atom stereocenters. The number of rotatable bonds is 3. The number of nitrogens with zero attached hydrogens (tertiary/aromatic N) is 5. The number of hydrogen-bond acceptors (Lipinski definition) is 4. The van der Waals surface area contributed by atoms with Crippen molar-refractivity contribution in [3.63, 3.8) is 0 Å². The van der Waals surface area contributed by atoms with Gasteiger partial charge in [-0.25, -0.2) is 4.98 Å². The molecular weight excluding hydrogens is 822 g/mol. The molecule has 6 nitrogen and oxygen atoms in total. The van der Waals surface area contributed by atoms with Crippen molar-refractivity contribution in [2.24, 2.45) is 4.99 Å². The van der Waals surface area contributed by atoms with Crippen molar-refractivity contribution < 1.29 is 25.8 Å². The smallest absolute Gasteiger partial charge is 0.525 e. The van der Waals surface area contributed by atoms with Gasteiger partial charge in [0.25, 0.3) is 0 Å². The predicted molar refractivity (Wildman–Crippen MR) is 205 cm³/mol. The molecule has 4 aromatic carbocycles. The van der Waals surface area contributed by atoms with Gasteiger partial charge in [-0.3, -0.25) is 9.98 Å². The molecule has 4 aromatic heterocycles. The summed E-state index contributed by atoms with van der Waals surface area (Å²) in [6.45, 7) is 15.2. The van der Waals surface area contributed by atoms with Gasteiger partial charge in [-0.15, -0.1) is 35.2 Å². The molecule has 5 heterocycles. The minimum absolute atomic E-state index is 0. The van der Waals surface area contributed by atoms with Crippen LogP contribution in [-0.4, -0.2) is 30.6 Å². The Morgan fingerprint density at radius 2 is 1.37 bits per heavy atom. The van der Waals surface area contributed by atoms with Crippen LogP contribution in [0, 0.1) is 32.9 Å². The van der Waals surface area contributed by atoms with Gasteiger partial charge in [0.2, 0.25) is 0 Å². The molecular formula is C45H37N5OPt. The Balaban J connectivity index is 0.00000360. The maximum atomic E-state index is 7.00. The first-order valence-corrected chi connectivity index (χ1v) is 17.6. The number of aromatic nitrogens is 4. The van der Waals surface area contributed by atoms with Gasteiger partial charge in [0, 0.05) is 27.9 Å². The number of aliphatic imine (C=N–C) groups is 1. The second-order valence-corrected chi connectivity index (χ2v) is 15.2. The monoisotopic (exact) mass is 858 g/mol. The van der Waals surface area contributed by atoms with Crippen LogP contribution in [0.3, 0.4) is 0 Å². The first-order valence-electron chi connectivity index (χ1n) is 17.6. The van der Waals surface area contributed by atoms with Gasteiger partial charge >= 0.3 is 21.1 Å². The summed E-state index contributed by atoms with van der Waals surface area (Å²) < 4.78 is 11.4. The first-order chi connectivity index (χ1) is 24.5. The molecule has 10 rings (SSSR count). The minimum atomic E-state index is -0.577. The van der Waals surface area contributed by atoms with E-state index in [-0.39, 0.29) is 26.5 Å². The van der Waals surface area contributed by atoms with Crippen LogP contribution in [0.25, 0.3) is 55.2 Å². The summed E-state index contributed by atoms with van der Waals surface area (Å²) in [5.74, 6) is 1.28. The van der Waals surface area contributed by atoms with Gasteiger partial charge in [-0.2, -0.15) is 6.07 Å². The Kier molecular flexibility index (Phi) is 6.93. The maximum absolute atomic E-state index is 7.00. The fourth-order valence-corrected chi connectivity index (χ4v) is 8.92. The van der Waals surface area contributed by atoms with Crippen LogP contribution in [0.1, 0.15) is 61.2 Å². The van der Waals surface area contributed by atoms with E-state index < -0.39 is 11.1 Å². The summed E-state index contributed by atoms with van der Waals surface area (Å²) in [6, 6.07) is 39.9. The number of aryl methyl sites for hydroxylation is 3. The van der Waals surface area contributed by atoms with Crippen LogP contribution in [-0.2, 0) is 36.8 Å². The van der Waals surface area contributed by atoms with Gasteiger partial charge < -0.3 is 13.9 Å². The zero-order valence-corrected chi connectivity index (χ0v) is 32.5. The van der Waals surface area contributed by atoms with E-state index >= 15 is 0 Å². The van der Waals surface area contributed by atoms with Crippen LogP contribution in [0.4, 0.5) is 0 Å².